The summed E-state index contributed by atoms with van der Waals surface area (Å²) >= 11 is 0. The molecule has 2 atom stereocenters. The van der Waals surface area contributed by atoms with E-state index in [0.717, 1.165) is 22.5 Å². The third-order valence-electron chi connectivity index (χ3n) is 5.94. The molecular formula is C25H25FN4O3. The number of hydrogen-bond acceptors (Lipinski definition) is 6. The van der Waals surface area contributed by atoms with Crippen molar-refractivity contribution in [1.29, 1.82) is 0 Å². The summed E-state index contributed by atoms with van der Waals surface area (Å²) < 4.78 is 27.2. The molecule has 0 radical (unpaired) electrons. The van der Waals surface area contributed by atoms with E-state index < -0.39 is 5.72 Å². The molecule has 1 aromatic heterocycles. The number of aryl methyl sites for hydroxylation is 1. The first-order chi connectivity index (χ1) is 15.9. The van der Waals surface area contributed by atoms with Crippen LogP contribution >= 0.6 is 0 Å². The fraction of sp³-hybridized carbons (Fsp3) is 0.280. The first kappa shape index (κ1) is 21.1. The molecule has 8 heteroatoms. The highest BCUT2D eigenvalue weighted by Gasteiger charge is 2.48. The van der Waals surface area contributed by atoms with Gasteiger partial charge in [-0.25, -0.2) is 9.37 Å². The fourth-order valence-corrected chi connectivity index (χ4v) is 4.20. The molecule has 7 nitrogen and oxygen atoms in total. The SMILES string of the molecule is COc1cc(/C=C2/O[C@@H](C)CN3C2=NO[C@]3(C)c2ccc(F)cc2)ccc1-n1cnc(C)c1. The van der Waals surface area contributed by atoms with Gasteiger partial charge < -0.3 is 23.8 Å². The Bertz CT molecular complexity index is 1250. The predicted molar refractivity (Wildman–Crippen MR) is 122 cm³/mol. The van der Waals surface area contributed by atoms with Crippen molar-refractivity contribution in [3.63, 3.8) is 0 Å². The predicted octanol–water partition coefficient (Wildman–Crippen LogP) is 4.61. The summed E-state index contributed by atoms with van der Waals surface area (Å²) in [6, 6.07) is 12.2. The molecule has 1 saturated heterocycles. The minimum absolute atomic E-state index is 0.0910. The molecule has 0 spiro atoms. The summed E-state index contributed by atoms with van der Waals surface area (Å²) in [5.41, 5.74) is 2.69. The van der Waals surface area contributed by atoms with Crippen molar-refractivity contribution in [3.8, 4) is 11.4 Å². The van der Waals surface area contributed by atoms with Gasteiger partial charge in [-0.3, -0.25) is 0 Å². The Morgan fingerprint density at radius 3 is 2.70 bits per heavy atom. The molecule has 0 N–H and O–H groups in total. The van der Waals surface area contributed by atoms with E-state index in [-0.39, 0.29) is 11.9 Å². The van der Waals surface area contributed by atoms with Crippen LogP contribution in [0.25, 0.3) is 11.8 Å². The van der Waals surface area contributed by atoms with Crippen LogP contribution in [0.4, 0.5) is 4.39 Å². The summed E-state index contributed by atoms with van der Waals surface area (Å²) in [6.45, 7) is 6.46. The Balaban J connectivity index is 1.48. The van der Waals surface area contributed by atoms with Crippen molar-refractivity contribution in [3.05, 3.63) is 83.4 Å². The number of nitrogens with zero attached hydrogens (tertiary/aromatic N) is 4. The number of hydrogen-bond donors (Lipinski definition) is 0. The highest BCUT2D eigenvalue weighted by atomic mass is 19.1. The van der Waals surface area contributed by atoms with Crippen LogP contribution in [0.15, 0.2) is 65.9 Å². The molecule has 0 amide bonds. The molecule has 170 valence electrons. The zero-order valence-corrected chi connectivity index (χ0v) is 18.9. The number of morpholine rings is 1. The number of rotatable bonds is 4. The van der Waals surface area contributed by atoms with E-state index in [1.807, 2.05) is 55.8 Å². The van der Waals surface area contributed by atoms with Gasteiger partial charge in [0.05, 0.1) is 31.4 Å². The first-order valence-corrected chi connectivity index (χ1v) is 10.7. The number of oxime groups is 1. The number of amidine groups is 1. The number of benzene rings is 2. The number of halogens is 1. The van der Waals surface area contributed by atoms with Gasteiger partial charge in [0.25, 0.3) is 0 Å². The lowest BCUT2D eigenvalue weighted by atomic mass is 10.0. The molecule has 33 heavy (non-hydrogen) atoms. The highest BCUT2D eigenvalue weighted by Crippen LogP contribution is 2.39. The largest absolute Gasteiger partial charge is 0.495 e. The summed E-state index contributed by atoms with van der Waals surface area (Å²) in [5, 5.41) is 4.34. The Kier molecular flexibility index (Phi) is 5.08. The third kappa shape index (κ3) is 3.71. The lowest BCUT2D eigenvalue weighted by Crippen LogP contribution is -2.51. The quantitative estimate of drug-likeness (QED) is 0.584. The smallest absolute Gasteiger partial charge is 0.234 e. The van der Waals surface area contributed by atoms with Gasteiger partial charge in [0.15, 0.2) is 5.76 Å². The van der Waals surface area contributed by atoms with E-state index in [1.54, 1.807) is 25.6 Å². The van der Waals surface area contributed by atoms with Gasteiger partial charge in [-0.15, -0.1) is 0 Å². The zero-order valence-electron chi connectivity index (χ0n) is 18.9. The molecule has 0 saturated carbocycles. The fourth-order valence-electron chi connectivity index (χ4n) is 4.20. The molecule has 3 heterocycles. The second-order valence-corrected chi connectivity index (χ2v) is 8.40. The van der Waals surface area contributed by atoms with Crippen LogP contribution in [-0.2, 0) is 15.3 Å². The normalized spacial score (nSPS) is 23.1. The van der Waals surface area contributed by atoms with E-state index >= 15 is 0 Å². The van der Waals surface area contributed by atoms with Crippen molar-refractivity contribution in [2.24, 2.45) is 5.16 Å². The van der Waals surface area contributed by atoms with Crippen LogP contribution < -0.4 is 4.74 Å². The molecule has 2 aliphatic heterocycles. The van der Waals surface area contributed by atoms with Crippen LogP contribution in [-0.4, -0.2) is 40.0 Å². The maximum absolute atomic E-state index is 13.5. The van der Waals surface area contributed by atoms with Gasteiger partial charge in [-0.1, -0.05) is 23.4 Å². The summed E-state index contributed by atoms with van der Waals surface area (Å²) in [4.78, 5) is 12.2. The molecule has 1 fully saturated rings. The molecule has 2 aromatic carbocycles. The van der Waals surface area contributed by atoms with Crippen molar-refractivity contribution >= 4 is 11.9 Å². The molecule has 5 rings (SSSR count). The van der Waals surface area contributed by atoms with Crippen molar-refractivity contribution < 1.29 is 18.7 Å². The number of fused-ring (bicyclic) bond motifs is 1. The lowest BCUT2D eigenvalue weighted by molar-refractivity contribution is -0.104. The van der Waals surface area contributed by atoms with Crippen LogP contribution in [0.1, 0.15) is 30.7 Å². The van der Waals surface area contributed by atoms with Crippen molar-refractivity contribution in [1.82, 2.24) is 14.5 Å². The zero-order chi connectivity index (χ0) is 23.2. The van der Waals surface area contributed by atoms with Crippen LogP contribution in [0.2, 0.25) is 0 Å². The maximum atomic E-state index is 13.5. The Morgan fingerprint density at radius 1 is 1.21 bits per heavy atom. The van der Waals surface area contributed by atoms with Crippen LogP contribution in [0.5, 0.6) is 5.75 Å². The van der Waals surface area contributed by atoms with Crippen molar-refractivity contribution in [2.75, 3.05) is 13.7 Å². The van der Waals surface area contributed by atoms with E-state index in [2.05, 4.69) is 15.0 Å². The summed E-state index contributed by atoms with van der Waals surface area (Å²) in [5.74, 6) is 1.63. The van der Waals surface area contributed by atoms with Gasteiger partial charge in [0.2, 0.25) is 11.6 Å². The molecular weight excluding hydrogens is 423 g/mol. The number of methoxy groups -OCH3 is 1. The monoisotopic (exact) mass is 448 g/mol. The number of imidazole rings is 1. The lowest BCUT2D eigenvalue weighted by Gasteiger charge is -2.39. The second kappa shape index (κ2) is 7.95. The second-order valence-electron chi connectivity index (χ2n) is 8.40. The Morgan fingerprint density at radius 2 is 2.00 bits per heavy atom. The van der Waals surface area contributed by atoms with Gasteiger partial charge in [-0.2, -0.15) is 0 Å². The van der Waals surface area contributed by atoms with E-state index in [4.69, 9.17) is 14.3 Å². The molecule has 0 bridgehead atoms. The van der Waals surface area contributed by atoms with Gasteiger partial charge in [0, 0.05) is 18.7 Å². The van der Waals surface area contributed by atoms with Crippen LogP contribution in [0, 0.1) is 12.7 Å². The molecule has 3 aromatic rings. The molecule has 0 aliphatic carbocycles. The maximum Gasteiger partial charge on any atom is 0.234 e. The first-order valence-electron chi connectivity index (χ1n) is 10.7. The number of ether oxygens (including phenoxy) is 2. The average Bonchev–Trinajstić information content (AvgIpc) is 3.38. The highest BCUT2D eigenvalue weighted by molar-refractivity contribution is 6.01. The third-order valence-corrected chi connectivity index (χ3v) is 5.94. The summed E-state index contributed by atoms with van der Waals surface area (Å²) in [7, 11) is 1.64. The standard InChI is InChI=1S/C25H25FN4O3/c1-16-13-29(15-27-16)21-10-5-18(11-22(21)31-4)12-23-24-28-33-25(3,30(24)14-17(2)32-23)19-6-8-20(26)9-7-19/h5-13,15,17H,14H2,1-4H3/b23-12+/t17-,25+/m0/s1. The minimum Gasteiger partial charge on any atom is -0.495 e. The minimum atomic E-state index is -0.846. The average molecular weight is 448 g/mol. The Labute approximate surface area is 191 Å². The van der Waals surface area contributed by atoms with Crippen molar-refractivity contribution in [2.45, 2.75) is 32.6 Å². The molecule has 0 unspecified atom stereocenters. The van der Waals surface area contributed by atoms with E-state index in [0.29, 0.717) is 23.9 Å². The van der Waals surface area contributed by atoms with Gasteiger partial charge in [0.1, 0.15) is 17.7 Å². The number of aromatic nitrogens is 2. The molecule has 2 aliphatic rings. The van der Waals surface area contributed by atoms with E-state index in [1.165, 1.54) is 12.1 Å². The topological polar surface area (TPSA) is 61.1 Å². The van der Waals surface area contributed by atoms with E-state index in [9.17, 15) is 4.39 Å². The van der Waals surface area contributed by atoms with Gasteiger partial charge >= 0.3 is 0 Å². The summed E-state index contributed by atoms with van der Waals surface area (Å²) in [6.07, 6.45) is 5.54. The van der Waals surface area contributed by atoms with Crippen LogP contribution in [0.3, 0.4) is 0 Å². The van der Waals surface area contributed by atoms with Gasteiger partial charge in [-0.05, 0) is 49.8 Å². The Hall–Kier alpha value is -3.81.